The van der Waals surface area contributed by atoms with Crippen LogP contribution in [0.15, 0.2) is 41.8 Å². The molecule has 31 heavy (non-hydrogen) atoms. The van der Waals surface area contributed by atoms with Crippen LogP contribution in [0.5, 0.6) is 5.75 Å². The molecule has 0 spiro atoms. The first-order valence-electron chi connectivity index (χ1n) is 9.46. The Balaban J connectivity index is 1.82. The van der Waals surface area contributed by atoms with Gasteiger partial charge in [-0.05, 0) is 25.3 Å². The zero-order valence-corrected chi connectivity index (χ0v) is 18.7. The molecule has 0 unspecified atom stereocenters. The number of hydrogen-bond donors (Lipinski definition) is 2. The van der Waals surface area contributed by atoms with Crippen molar-refractivity contribution in [1.82, 2.24) is 34.9 Å². The molecule has 4 heterocycles. The Bertz CT molecular complexity index is 1190. The molecule has 4 aromatic heterocycles. The summed E-state index contributed by atoms with van der Waals surface area (Å²) < 4.78 is 7.41. The van der Waals surface area contributed by atoms with E-state index in [9.17, 15) is 0 Å². The first-order valence-corrected chi connectivity index (χ1v) is 10.7. The van der Waals surface area contributed by atoms with E-state index in [2.05, 4.69) is 25.6 Å². The molecule has 0 fully saturated rings. The smallest absolute Gasteiger partial charge is 0.232 e. The third-order valence-corrected chi connectivity index (χ3v) is 5.27. The van der Waals surface area contributed by atoms with Gasteiger partial charge in [-0.2, -0.15) is 15.2 Å². The fourth-order valence-electron chi connectivity index (χ4n) is 3.02. The van der Waals surface area contributed by atoms with E-state index in [1.54, 1.807) is 35.9 Å². The number of pyridine rings is 1. The van der Waals surface area contributed by atoms with Crippen molar-refractivity contribution in [3.05, 3.63) is 42.5 Å². The van der Waals surface area contributed by atoms with Crippen molar-refractivity contribution in [3.8, 4) is 17.0 Å². The average Bonchev–Trinajstić information content (AvgIpc) is 3.40. The molecule has 4 rings (SSSR count). The second kappa shape index (κ2) is 8.64. The minimum atomic E-state index is 0.480. The van der Waals surface area contributed by atoms with Gasteiger partial charge in [0.1, 0.15) is 5.69 Å². The zero-order chi connectivity index (χ0) is 22.0. The van der Waals surface area contributed by atoms with Crippen LogP contribution in [-0.4, -0.2) is 55.3 Å². The Hall–Kier alpha value is -3.60. The van der Waals surface area contributed by atoms with Crippen LogP contribution in [0.4, 0.5) is 23.3 Å². The van der Waals surface area contributed by atoms with Crippen LogP contribution < -0.4 is 15.0 Å². The van der Waals surface area contributed by atoms with Gasteiger partial charge in [-0.25, -0.2) is 9.97 Å². The van der Waals surface area contributed by atoms with Gasteiger partial charge in [0, 0.05) is 37.6 Å². The van der Waals surface area contributed by atoms with Gasteiger partial charge in [-0.3, -0.25) is 9.78 Å². The van der Waals surface area contributed by atoms with Gasteiger partial charge in [0.25, 0.3) is 0 Å². The summed E-state index contributed by atoms with van der Waals surface area (Å²) in [5.41, 5.74) is 3.23. The fourth-order valence-corrected chi connectivity index (χ4v) is 3.38. The predicted molar refractivity (Wildman–Crippen MR) is 121 cm³/mol. The molecule has 10 nitrogen and oxygen atoms in total. The largest absolute Gasteiger partial charge is 0.491 e. The molecule has 0 saturated carbocycles. The van der Waals surface area contributed by atoms with E-state index in [4.69, 9.17) is 14.7 Å². The molecule has 0 aliphatic carbocycles. The Morgan fingerprint density at radius 2 is 2.06 bits per heavy atom. The van der Waals surface area contributed by atoms with Crippen LogP contribution in [0.2, 0.25) is 0 Å². The Kier molecular flexibility index (Phi) is 5.76. The number of hydrogen-bond acceptors (Lipinski definition) is 9. The standard InChI is InChI=1S/C20H23N9OS/c1-12-8-15(27-26-12)23-19-18(30-4)17(13-9-22-28(2)11-13)24-20(25-19)29(3)14-6-7-16(31-5)21-10-14/h6-11H,1-5H3,(H2,23,24,25,26,27). The van der Waals surface area contributed by atoms with Crippen LogP contribution in [0, 0.1) is 6.92 Å². The van der Waals surface area contributed by atoms with Crippen LogP contribution in [-0.2, 0) is 7.05 Å². The Labute approximate surface area is 184 Å². The highest BCUT2D eigenvalue weighted by Crippen LogP contribution is 2.37. The fraction of sp³-hybridized carbons (Fsp3) is 0.250. The topological polar surface area (TPSA) is 110 Å². The molecule has 0 amide bonds. The van der Waals surface area contributed by atoms with Crippen molar-refractivity contribution >= 4 is 35.0 Å². The van der Waals surface area contributed by atoms with Gasteiger partial charge >= 0.3 is 0 Å². The number of thioether (sulfide) groups is 1. The maximum Gasteiger partial charge on any atom is 0.232 e. The molecule has 4 aromatic rings. The maximum absolute atomic E-state index is 5.69. The van der Waals surface area contributed by atoms with Crippen LogP contribution in [0.1, 0.15) is 5.69 Å². The molecule has 0 saturated heterocycles. The van der Waals surface area contributed by atoms with Crippen molar-refractivity contribution in [3.63, 3.8) is 0 Å². The van der Waals surface area contributed by atoms with Gasteiger partial charge in [-0.1, -0.05) is 0 Å². The Morgan fingerprint density at radius 1 is 1.23 bits per heavy atom. The molecule has 0 aromatic carbocycles. The van der Waals surface area contributed by atoms with E-state index in [-0.39, 0.29) is 0 Å². The minimum Gasteiger partial charge on any atom is -0.491 e. The summed E-state index contributed by atoms with van der Waals surface area (Å²) in [6, 6.07) is 5.84. The van der Waals surface area contributed by atoms with Crippen LogP contribution in [0.3, 0.4) is 0 Å². The van der Waals surface area contributed by atoms with Crippen LogP contribution in [0.25, 0.3) is 11.3 Å². The quantitative estimate of drug-likeness (QED) is 0.419. The van der Waals surface area contributed by atoms with E-state index >= 15 is 0 Å². The van der Waals surface area contributed by atoms with Gasteiger partial charge in [0.15, 0.2) is 17.4 Å². The number of methoxy groups -OCH3 is 1. The van der Waals surface area contributed by atoms with Crippen LogP contribution >= 0.6 is 11.8 Å². The number of rotatable bonds is 7. The molecular weight excluding hydrogens is 414 g/mol. The minimum absolute atomic E-state index is 0.480. The third kappa shape index (κ3) is 4.31. The highest BCUT2D eigenvalue weighted by atomic mass is 32.2. The van der Waals surface area contributed by atoms with Gasteiger partial charge in [0.05, 0.1) is 30.2 Å². The van der Waals surface area contributed by atoms with Gasteiger partial charge in [0.2, 0.25) is 5.95 Å². The summed E-state index contributed by atoms with van der Waals surface area (Å²) in [6.45, 7) is 1.93. The summed E-state index contributed by atoms with van der Waals surface area (Å²) in [6.07, 6.45) is 7.42. The second-order valence-corrected chi connectivity index (χ2v) is 7.66. The van der Waals surface area contributed by atoms with E-state index in [1.807, 2.05) is 56.6 Å². The molecule has 0 bridgehead atoms. The van der Waals surface area contributed by atoms with Crippen molar-refractivity contribution in [2.75, 3.05) is 30.6 Å². The number of nitrogens with one attached hydrogen (secondary N) is 2. The number of H-pyrrole nitrogens is 1. The molecule has 2 N–H and O–H groups in total. The molecule has 0 aliphatic heterocycles. The first-order chi connectivity index (χ1) is 15.0. The molecule has 0 radical (unpaired) electrons. The Morgan fingerprint density at radius 3 is 2.65 bits per heavy atom. The van der Waals surface area contributed by atoms with E-state index in [0.717, 1.165) is 22.0 Å². The average molecular weight is 438 g/mol. The summed E-state index contributed by atoms with van der Waals surface area (Å²) in [4.78, 5) is 15.8. The first kappa shape index (κ1) is 20.7. The van der Waals surface area contributed by atoms with Gasteiger partial charge in [-0.15, -0.1) is 11.8 Å². The lowest BCUT2D eigenvalue weighted by molar-refractivity contribution is 0.415. The van der Waals surface area contributed by atoms with Crippen molar-refractivity contribution < 1.29 is 4.74 Å². The third-order valence-electron chi connectivity index (χ3n) is 4.61. The molecule has 11 heteroatoms. The maximum atomic E-state index is 5.69. The number of aryl methyl sites for hydroxylation is 2. The SMILES string of the molecule is COc1c(Nc2cc(C)[nH]n2)nc(N(C)c2ccc(SC)nc2)nc1-c1cnn(C)c1. The highest BCUT2D eigenvalue weighted by molar-refractivity contribution is 7.98. The molecular formula is C20H23N9OS. The molecule has 0 aliphatic rings. The monoisotopic (exact) mass is 437 g/mol. The molecule has 160 valence electrons. The number of anilines is 4. The van der Waals surface area contributed by atoms with E-state index < -0.39 is 0 Å². The lowest BCUT2D eigenvalue weighted by Gasteiger charge is -2.20. The van der Waals surface area contributed by atoms with Crippen molar-refractivity contribution in [2.24, 2.45) is 7.05 Å². The summed E-state index contributed by atoms with van der Waals surface area (Å²) >= 11 is 1.59. The predicted octanol–water partition coefficient (Wildman–Crippen LogP) is 3.55. The lowest BCUT2D eigenvalue weighted by Crippen LogP contribution is -2.15. The number of aromatic amines is 1. The van der Waals surface area contributed by atoms with E-state index in [1.165, 1.54) is 0 Å². The number of nitrogens with zero attached hydrogens (tertiary/aromatic N) is 7. The van der Waals surface area contributed by atoms with Gasteiger partial charge < -0.3 is 15.0 Å². The summed E-state index contributed by atoms with van der Waals surface area (Å²) in [7, 11) is 5.34. The van der Waals surface area contributed by atoms with Crippen molar-refractivity contribution in [2.45, 2.75) is 11.9 Å². The highest BCUT2D eigenvalue weighted by Gasteiger charge is 2.21. The summed E-state index contributed by atoms with van der Waals surface area (Å²) in [5, 5.41) is 15.6. The second-order valence-electron chi connectivity index (χ2n) is 6.84. The normalized spacial score (nSPS) is 10.9. The summed E-state index contributed by atoms with van der Waals surface area (Å²) in [5.74, 6) is 2.11. The number of ether oxygens (including phenoxy) is 1. The van der Waals surface area contributed by atoms with E-state index in [0.29, 0.717) is 29.0 Å². The number of aromatic nitrogens is 7. The zero-order valence-electron chi connectivity index (χ0n) is 17.9. The molecule has 0 atom stereocenters. The van der Waals surface area contributed by atoms with Crippen molar-refractivity contribution in [1.29, 1.82) is 0 Å². The lowest BCUT2D eigenvalue weighted by atomic mass is 10.2.